The molecule has 3 heterocycles. The molecule has 7 nitrogen and oxygen atoms in total. The Balaban J connectivity index is 1.56. The average Bonchev–Trinajstić information content (AvgIpc) is 3.08. The van der Waals surface area contributed by atoms with Crippen molar-refractivity contribution in [3.05, 3.63) is 21.7 Å². The molecule has 2 aromatic heterocycles. The molecule has 2 aromatic rings. The predicted molar refractivity (Wildman–Crippen MR) is 83.7 cm³/mol. The van der Waals surface area contributed by atoms with Gasteiger partial charge in [0.1, 0.15) is 10.0 Å². The van der Waals surface area contributed by atoms with E-state index in [0.29, 0.717) is 16.3 Å². The van der Waals surface area contributed by atoms with Crippen molar-refractivity contribution < 1.29 is 4.52 Å². The van der Waals surface area contributed by atoms with Crippen LogP contribution in [0.4, 0.5) is 0 Å². The summed E-state index contributed by atoms with van der Waals surface area (Å²) in [5, 5.41) is 8.07. The van der Waals surface area contributed by atoms with Gasteiger partial charge in [0.15, 0.2) is 5.82 Å². The van der Waals surface area contributed by atoms with E-state index < -0.39 is 0 Å². The highest BCUT2D eigenvalue weighted by atomic mass is 35.5. The molecule has 0 aromatic carbocycles. The number of likely N-dealkylation sites (tertiary alicyclic amines) is 1. The van der Waals surface area contributed by atoms with Crippen LogP contribution >= 0.6 is 23.1 Å². The van der Waals surface area contributed by atoms with Gasteiger partial charge in [-0.3, -0.25) is 9.80 Å². The maximum absolute atomic E-state index is 6.09. The number of aromatic nitrogens is 4. The zero-order valence-corrected chi connectivity index (χ0v) is 14.3. The van der Waals surface area contributed by atoms with Crippen LogP contribution in [0.5, 0.6) is 0 Å². The Bertz CT molecular complexity index is 617. The summed E-state index contributed by atoms with van der Waals surface area (Å²) in [7, 11) is 2.11. The molecule has 1 atom stereocenters. The molecule has 0 amide bonds. The molecule has 1 aliphatic heterocycles. The van der Waals surface area contributed by atoms with Crippen LogP contribution in [-0.2, 0) is 13.1 Å². The molecule has 0 aliphatic carbocycles. The van der Waals surface area contributed by atoms with Gasteiger partial charge in [-0.25, -0.2) is 0 Å². The van der Waals surface area contributed by atoms with E-state index in [1.807, 2.05) is 6.92 Å². The van der Waals surface area contributed by atoms with E-state index in [0.717, 1.165) is 44.1 Å². The Morgan fingerprint density at radius 3 is 3.05 bits per heavy atom. The van der Waals surface area contributed by atoms with E-state index >= 15 is 0 Å². The van der Waals surface area contributed by atoms with Gasteiger partial charge in [0, 0.05) is 37.6 Å². The average molecular weight is 343 g/mol. The van der Waals surface area contributed by atoms with Crippen LogP contribution in [0.25, 0.3) is 0 Å². The quantitative estimate of drug-likeness (QED) is 0.822. The first-order valence-corrected chi connectivity index (χ1v) is 8.45. The van der Waals surface area contributed by atoms with Gasteiger partial charge in [-0.15, -0.1) is 5.10 Å². The normalized spacial score (nSPS) is 19.9. The Morgan fingerprint density at radius 1 is 1.50 bits per heavy atom. The van der Waals surface area contributed by atoms with Gasteiger partial charge in [0.05, 0.1) is 6.54 Å². The summed E-state index contributed by atoms with van der Waals surface area (Å²) < 4.78 is 9.61. The summed E-state index contributed by atoms with van der Waals surface area (Å²) in [5.41, 5.74) is 0.861. The van der Waals surface area contributed by atoms with Gasteiger partial charge in [-0.05, 0) is 26.4 Å². The van der Waals surface area contributed by atoms with Crippen molar-refractivity contribution >= 4 is 23.1 Å². The van der Waals surface area contributed by atoms with Crippen molar-refractivity contribution in [1.82, 2.24) is 29.5 Å². The fraction of sp³-hybridized carbons (Fsp3) is 0.692. The van der Waals surface area contributed by atoms with Gasteiger partial charge in [0.2, 0.25) is 5.89 Å². The van der Waals surface area contributed by atoms with Gasteiger partial charge in [-0.1, -0.05) is 21.2 Å². The number of rotatable bonds is 5. The minimum Gasteiger partial charge on any atom is -0.340 e. The number of piperidine rings is 1. The lowest BCUT2D eigenvalue weighted by molar-refractivity contribution is 0.104. The molecule has 0 radical (unpaired) electrons. The van der Waals surface area contributed by atoms with E-state index in [9.17, 15) is 0 Å². The third-order valence-corrected chi connectivity index (χ3v) is 4.93. The molecule has 120 valence electrons. The third kappa shape index (κ3) is 3.81. The van der Waals surface area contributed by atoms with E-state index in [1.165, 1.54) is 18.0 Å². The fourth-order valence-corrected chi connectivity index (χ4v) is 3.41. The summed E-state index contributed by atoms with van der Waals surface area (Å²) in [5.74, 6) is 1.37. The zero-order chi connectivity index (χ0) is 15.5. The van der Waals surface area contributed by atoms with Crippen LogP contribution in [-0.4, -0.2) is 55.7 Å². The van der Waals surface area contributed by atoms with Gasteiger partial charge in [-0.2, -0.15) is 4.98 Å². The van der Waals surface area contributed by atoms with Gasteiger partial charge in [0.25, 0.3) is 0 Å². The maximum atomic E-state index is 6.09. The van der Waals surface area contributed by atoms with Crippen LogP contribution in [0.2, 0.25) is 4.34 Å². The highest BCUT2D eigenvalue weighted by molar-refractivity contribution is 7.10. The minimum absolute atomic E-state index is 0.472. The summed E-state index contributed by atoms with van der Waals surface area (Å²) in [6.07, 6.45) is 2.34. The number of hydrogen-bond acceptors (Lipinski definition) is 8. The van der Waals surface area contributed by atoms with E-state index in [-0.39, 0.29) is 0 Å². The van der Waals surface area contributed by atoms with Crippen molar-refractivity contribution in [3.8, 4) is 0 Å². The largest absolute Gasteiger partial charge is 0.340 e. The molecule has 22 heavy (non-hydrogen) atoms. The number of hydrogen-bond donors (Lipinski definition) is 0. The molecule has 0 saturated carbocycles. The molecule has 1 saturated heterocycles. The van der Waals surface area contributed by atoms with Gasteiger partial charge < -0.3 is 4.52 Å². The van der Waals surface area contributed by atoms with Crippen molar-refractivity contribution in [2.75, 3.05) is 20.1 Å². The first-order chi connectivity index (χ1) is 10.6. The topological polar surface area (TPSA) is 71.2 Å². The highest BCUT2D eigenvalue weighted by Crippen LogP contribution is 2.22. The Hall–Kier alpha value is -1.09. The summed E-state index contributed by atoms with van der Waals surface area (Å²) in [6, 6.07) is 0.472. The Morgan fingerprint density at radius 2 is 2.36 bits per heavy atom. The minimum atomic E-state index is 0.472. The zero-order valence-electron chi connectivity index (χ0n) is 12.7. The number of aryl methyl sites for hydroxylation is 1. The second-order valence-corrected chi connectivity index (χ2v) is 7.03. The van der Waals surface area contributed by atoms with E-state index in [4.69, 9.17) is 16.1 Å². The molecule has 1 aliphatic rings. The smallest absolute Gasteiger partial charge is 0.223 e. The predicted octanol–water partition coefficient (Wildman–Crippen LogP) is 1.98. The van der Waals surface area contributed by atoms with Crippen molar-refractivity contribution in [2.24, 2.45) is 0 Å². The monoisotopic (exact) mass is 342 g/mol. The molecule has 3 rings (SSSR count). The lowest BCUT2D eigenvalue weighted by Gasteiger charge is -2.36. The van der Waals surface area contributed by atoms with E-state index in [2.05, 4.69) is 36.6 Å². The molecule has 9 heteroatoms. The Kier molecular flexibility index (Phi) is 5.02. The second kappa shape index (κ2) is 6.99. The molecule has 0 bridgehead atoms. The SMILES string of the molecule is Cc1nc(CN2CCC[C@H](N(C)Cc3nnsc3Cl)C2)no1. The van der Waals surface area contributed by atoms with Gasteiger partial charge >= 0.3 is 0 Å². The molecular weight excluding hydrogens is 324 g/mol. The first kappa shape index (κ1) is 15.8. The summed E-state index contributed by atoms with van der Waals surface area (Å²) in [4.78, 5) is 8.95. The first-order valence-electron chi connectivity index (χ1n) is 7.30. The van der Waals surface area contributed by atoms with Crippen LogP contribution in [0.15, 0.2) is 4.52 Å². The standard InChI is InChI=1S/C13H19ClN6OS/c1-9-15-12(17-21-9)8-20-5-3-4-10(6-20)19(2)7-11-13(14)22-18-16-11/h10H,3-8H2,1-2H3/t10-/m0/s1. The van der Waals surface area contributed by atoms with Crippen LogP contribution < -0.4 is 0 Å². The molecule has 0 N–H and O–H groups in total. The number of nitrogens with zero attached hydrogens (tertiary/aromatic N) is 6. The van der Waals surface area contributed by atoms with E-state index in [1.54, 1.807) is 0 Å². The van der Waals surface area contributed by atoms with Crippen LogP contribution in [0.3, 0.4) is 0 Å². The number of halogens is 1. The van der Waals surface area contributed by atoms with Crippen molar-refractivity contribution in [3.63, 3.8) is 0 Å². The Labute approximate surface area is 138 Å². The molecule has 0 spiro atoms. The number of likely N-dealkylation sites (N-methyl/N-ethyl adjacent to an activating group) is 1. The third-order valence-electron chi connectivity index (χ3n) is 3.95. The fourth-order valence-electron chi connectivity index (χ4n) is 2.80. The summed E-state index contributed by atoms with van der Waals surface area (Å²) >= 11 is 7.33. The lowest BCUT2D eigenvalue weighted by Crippen LogP contribution is -2.46. The second-order valence-electron chi connectivity index (χ2n) is 5.67. The van der Waals surface area contributed by atoms with Crippen molar-refractivity contribution in [1.29, 1.82) is 0 Å². The highest BCUT2D eigenvalue weighted by Gasteiger charge is 2.25. The molecule has 0 unspecified atom stereocenters. The molecular formula is C13H19ClN6OS. The maximum Gasteiger partial charge on any atom is 0.223 e. The molecule has 1 fully saturated rings. The van der Waals surface area contributed by atoms with Crippen molar-refractivity contribution in [2.45, 2.75) is 38.9 Å². The summed E-state index contributed by atoms with van der Waals surface area (Å²) in [6.45, 7) is 5.33. The van der Waals surface area contributed by atoms with Crippen LogP contribution in [0.1, 0.15) is 30.3 Å². The lowest BCUT2D eigenvalue weighted by atomic mass is 10.0. The van der Waals surface area contributed by atoms with Crippen LogP contribution in [0, 0.1) is 6.92 Å².